The fourth-order valence-electron chi connectivity index (χ4n) is 4.08. The summed E-state index contributed by atoms with van der Waals surface area (Å²) in [7, 11) is 3.81. The van der Waals surface area contributed by atoms with E-state index < -0.39 is 0 Å². The van der Waals surface area contributed by atoms with Crippen molar-refractivity contribution in [3.8, 4) is 5.75 Å². The molecule has 4 nitrogen and oxygen atoms in total. The van der Waals surface area contributed by atoms with Gasteiger partial charge in [0.25, 0.3) is 0 Å². The minimum Gasteiger partial charge on any atom is -0.497 e. The second kappa shape index (κ2) is 8.16. The summed E-state index contributed by atoms with van der Waals surface area (Å²) in [6, 6.07) is 18.7. The Kier molecular flexibility index (Phi) is 5.43. The second-order valence-electron chi connectivity index (χ2n) is 7.90. The summed E-state index contributed by atoms with van der Waals surface area (Å²) in [5, 5.41) is 5.33. The van der Waals surface area contributed by atoms with Crippen molar-refractivity contribution in [1.29, 1.82) is 0 Å². The van der Waals surface area contributed by atoms with Crippen LogP contribution in [0.3, 0.4) is 0 Å². The standard InChI is InChI=1S/C25H28N2O2/c1-17(19-7-8-21-15-23(29-3)10-9-20(21)14-19)25(28)26-16-18-6-11-24-22(13-18)5-4-12-27(24)2/h6-11,13-15,17H,4-5,12,16H2,1-3H3,(H,26,28)/t17-/m0/s1. The van der Waals surface area contributed by atoms with Crippen LogP contribution in [0.5, 0.6) is 5.75 Å². The topological polar surface area (TPSA) is 41.6 Å². The zero-order chi connectivity index (χ0) is 20.4. The second-order valence-corrected chi connectivity index (χ2v) is 7.90. The van der Waals surface area contributed by atoms with Crippen molar-refractivity contribution >= 4 is 22.4 Å². The van der Waals surface area contributed by atoms with Crippen molar-refractivity contribution in [1.82, 2.24) is 5.32 Å². The monoisotopic (exact) mass is 388 g/mol. The van der Waals surface area contributed by atoms with Gasteiger partial charge in [-0.1, -0.05) is 36.4 Å². The van der Waals surface area contributed by atoms with Crippen LogP contribution in [0.25, 0.3) is 10.8 Å². The van der Waals surface area contributed by atoms with Crippen LogP contribution in [0.2, 0.25) is 0 Å². The van der Waals surface area contributed by atoms with E-state index >= 15 is 0 Å². The summed E-state index contributed by atoms with van der Waals surface area (Å²) >= 11 is 0. The minimum atomic E-state index is -0.203. The molecule has 1 N–H and O–H groups in total. The zero-order valence-corrected chi connectivity index (χ0v) is 17.4. The quantitative estimate of drug-likeness (QED) is 0.692. The molecule has 0 saturated carbocycles. The lowest BCUT2D eigenvalue weighted by Crippen LogP contribution is -2.28. The number of amides is 1. The molecule has 1 amide bonds. The van der Waals surface area contributed by atoms with Gasteiger partial charge < -0.3 is 15.0 Å². The molecule has 0 saturated heterocycles. The number of hydrogen-bond acceptors (Lipinski definition) is 3. The van der Waals surface area contributed by atoms with E-state index in [9.17, 15) is 4.79 Å². The van der Waals surface area contributed by atoms with Gasteiger partial charge in [-0.25, -0.2) is 0 Å². The van der Waals surface area contributed by atoms with E-state index in [1.54, 1.807) is 7.11 Å². The molecule has 1 aliphatic rings. The summed E-state index contributed by atoms with van der Waals surface area (Å²) in [4.78, 5) is 15.1. The Hall–Kier alpha value is -3.01. The molecule has 0 bridgehead atoms. The Morgan fingerprint density at radius 2 is 1.90 bits per heavy atom. The minimum absolute atomic E-state index is 0.0488. The highest BCUT2D eigenvalue weighted by molar-refractivity contribution is 5.88. The van der Waals surface area contributed by atoms with Gasteiger partial charge in [0.15, 0.2) is 0 Å². The van der Waals surface area contributed by atoms with Crippen molar-refractivity contribution in [3.05, 3.63) is 71.3 Å². The first kappa shape index (κ1) is 19.3. The molecular formula is C25H28N2O2. The molecule has 150 valence electrons. The van der Waals surface area contributed by atoms with E-state index in [1.807, 2.05) is 31.2 Å². The van der Waals surface area contributed by atoms with Crippen LogP contribution in [0, 0.1) is 0 Å². The van der Waals surface area contributed by atoms with Crippen LogP contribution in [0.1, 0.15) is 36.0 Å². The van der Waals surface area contributed by atoms with Crippen LogP contribution < -0.4 is 15.0 Å². The summed E-state index contributed by atoms with van der Waals surface area (Å²) < 4.78 is 5.29. The average Bonchev–Trinajstić information content (AvgIpc) is 2.76. The van der Waals surface area contributed by atoms with Gasteiger partial charge in [0.05, 0.1) is 13.0 Å². The number of aryl methyl sites for hydroxylation is 1. The third-order valence-electron chi connectivity index (χ3n) is 5.93. The molecule has 4 rings (SSSR count). The first-order valence-corrected chi connectivity index (χ1v) is 10.2. The molecule has 0 aromatic heterocycles. The van der Waals surface area contributed by atoms with Gasteiger partial charge in [0.1, 0.15) is 5.75 Å². The fraction of sp³-hybridized carbons (Fsp3) is 0.320. The summed E-state index contributed by atoms with van der Waals surface area (Å²) in [6.45, 7) is 3.63. The Balaban J connectivity index is 1.44. The molecule has 1 atom stereocenters. The number of rotatable bonds is 5. The highest BCUT2D eigenvalue weighted by atomic mass is 16.5. The van der Waals surface area contributed by atoms with Gasteiger partial charge in [-0.2, -0.15) is 0 Å². The van der Waals surface area contributed by atoms with Gasteiger partial charge in [-0.3, -0.25) is 4.79 Å². The van der Waals surface area contributed by atoms with Crippen molar-refractivity contribution < 1.29 is 9.53 Å². The maximum Gasteiger partial charge on any atom is 0.227 e. The molecule has 0 spiro atoms. The molecule has 0 unspecified atom stereocenters. The molecule has 0 aliphatic carbocycles. The van der Waals surface area contributed by atoms with Crippen molar-refractivity contribution in [2.45, 2.75) is 32.2 Å². The van der Waals surface area contributed by atoms with Crippen LogP contribution >= 0.6 is 0 Å². The largest absolute Gasteiger partial charge is 0.497 e. The first-order chi connectivity index (χ1) is 14.0. The highest BCUT2D eigenvalue weighted by Gasteiger charge is 2.17. The SMILES string of the molecule is COc1ccc2cc([C@H](C)C(=O)NCc3ccc4c(c3)CCCN4C)ccc2c1. The van der Waals surface area contributed by atoms with Crippen LogP contribution in [-0.2, 0) is 17.8 Å². The van der Waals surface area contributed by atoms with Gasteiger partial charge in [0.2, 0.25) is 5.91 Å². The van der Waals surface area contributed by atoms with Crippen molar-refractivity contribution in [2.75, 3.05) is 25.6 Å². The number of carbonyl (C=O) groups is 1. The molecule has 3 aromatic rings. The van der Waals surface area contributed by atoms with E-state index in [0.717, 1.165) is 40.6 Å². The molecule has 1 aliphatic heterocycles. The van der Waals surface area contributed by atoms with Crippen LogP contribution in [0.4, 0.5) is 5.69 Å². The number of methoxy groups -OCH3 is 1. The summed E-state index contributed by atoms with van der Waals surface area (Å²) in [5.74, 6) is 0.685. The number of anilines is 1. The van der Waals surface area contributed by atoms with E-state index in [2.05, 4.69) is 47.6 Å². The number of fused-ring (bicyclic) bond motifs is 2. The number of ether oxygens (including phenoxy) is 1. The molecule has 3 aromatic carbocycles. The summed E-state index contributed by atoms with van der Waals surface area (Å²) in [5.41, 5.74) is 4.87. The molecular weight excluding hydrogens is 360 g/mol. The zero-order valence-electron chi connectivity index (χ0n) is 17.4. The maximum atomic E-state index is 12.8. The smallest absolute Gasteiger partial charge is 0.227 e. The molecule has 0 fully saturated rings. The number of benzene rings is 3. The van der Waals surface area contributed by atoms with Crippen LogP contribution in [0.15, 0.2) is 54.6 Å². The number of nitrogens with zero attached hydrogens (tertiary/aromatic N) is 1. The van der Waals surface area contributed by atoms with Gasteiger partial charge in [0, 0.05) is 25.8 Å². The average molecular weight is 389 g/mol. The summed E-state index contributed by atoms with van der Waals surface area (Å²) in [6.07, 6.45) is 2.30. The molecule has 1 heterocycles. The van der Waals surface area contributed by atoms with E-state index in [0.29, 0.717) is 6.54 Å². The Morgan fingerprint density at radius 3 is 2.72 bits per heavy atom. The van der Waals surface area contributed by atoms with E-state index in [-0.39, 0.29) is 11.8 Å². The predicted molar refractivity (Wildman–Crippen MR) is 119 cm³/mol. The Labute approximate surface area is 172 Å². The van der Waals surface area contributed by atoms with E-state index in [1.165, 1.54) is 17.7 Å². The lowest BCUT2D eigenvalue weighted by molar-refractivity contribution is -0.122. The normalized spacial score (nSPS) is 14.4. The number of hydrogen-bond donors (Lipinski definition) is 1. The fourth-order valence-corrected chi connectivity index (χ4v) is 4.08. The number of carbonyl (C=O) groups excluding carboxylic acids is 1. The Morgan fingerprint density at radius 1 is 1.10 bits per heavy atom. The van der Waals surface area contributed by atoms with Gasteiger partial charge >= 0.3 is 0 Å². The van der Waals surface area contributed by atoms with Gasteiger partial charge in [-0.05, 0) is 65.4 Å². The third-order valence-corrected chi connectivity index (χ3v) is 5.93. The third kappa shape index (κ3) is 4.07. The lowest BCUT2D eigenvalue weighted by Gasteiger charge is -2.28. The van der Waals surface area contributed by atoms with Crippen molar-refractivity contribution in [3.63, 3.8) is 0 Å². The van der Waals surface area contributed by atoms with E-state index in [4.69, 9.17) is 4.74 Å². The molecule has 4 heteroatoms. The van der Waals surface area contributed by atoms with Gasteiger partial charge in [-0.15, -0.1) is 0 Å². The Bertz CT molecular complexity index is 1040. The van der Waals surface area contributed by atoms with Crippen LogP contribution in [-0.4, -0.2) is 26.6 Å². The maximum absolute atomic E-state index is 12.8. The first-order valence-electron chi connectivity index (χ1n) is 10.2. The number of nitrogens with one attached hydrogen (secondary N) is 1. The predicted octanol–water partition coefficient (Wildman–Crippen LogP) is 4.65. The lowest BCUT2D eigenvalue weighted by atomic mass is 9.96. The van der Waals surface area contributed by atoms with Crippen molar-refractivity contribution in [2.24, 2.45) is 0 Å². The highest BCUT2D eigenvalue weighted by Crippen LogP contribution is 2.27. The molecule has 29 heavy (non-hydrogen) atoms. The molecule has 0 radical (unpaired) electrons.